The van der Waals surface area contributed by atoms with Crippen LogP contribution >= 0.6 is 0 Å². The van der Waals surface area contributed by atoms with Crippen molar-refractivity contribution >= 4 is 11.9 Å². The van der Waals surface area contributed by atoms with Crippen LogP contribution in [-0.2, 0) is 14.3 Å². The molecule has 2 atom stereocenters. The summed E-state index contributed by atoms with van der Waals surface area (Å²) < 4.78 is 11.0. The fourth-order valence-corrected chi connectivity index (χ4v) is 3.01. The van der Waals surface area contributed by atoms with Gasteiger partial charge in [0.25, 0.3) is 0 Å². The largest absolute Gasteiger partial charge is 0.493 e. The lowest BCUT2D eigenvalue weighted by atomic mass is 9.89. The highest BCUT2D eigenvalue weighted by Crippen LogP contribution is 2.35. The molecule has 25 heavy (non-hydrogen) atoms. The summed E-state index contributed by atoms with van der Waals surface area (Å²) in [7, 11) is 0. The first kappa shape index (κ1) is 19.2. The summed E-state index contributed by atoms with van der Waals surface area (Å²) in [6.45, 7) is 5.71. The van der Waals surface area contributed by atoms with Crippen molar-refractivity contribution in [3.63, 3.8) is 0 Å². The van der Waals surface area contributed by atoms with E-state index in [1.54, 1.807) is 11.8 Å². The predicted molar refractivity (Wildman–Crippen MR) is 93.8 cm³/mol. The number of carboxylic acids is 1. The molecule has 0 saturated heterocycles. The lowest BCUT2D eigenvalue weighted by Crippen LogP contribution is -2.40. The van der Waals surface area contributed by atoms with E-state index in [0.717, 1.165) is 17.7 Å². The van der Waals surface area contributed by atoms with E-state index in [1.807, 2.05) is 31.2 Å². The molecule has 1 aliphatic heterocycles. The van der Waals surface area contributed by atoms with Crippen LogP contribution in [0.25, 0.3) is 0 Å². The van der Waals surface area contributed by atoms with Crippen molar-refractivity contribution in [2.24, 2.45) is 5.92 Å². The summed E-state index contributed by atoms with van der Waals surface area (Å²) in [6, 6.07) is 7.79. The number of ether oxygens (including phenoxy) is 2. The third kappa shape index (κ3) is 5.46. The normalized spacial score (nSPS) is 17.3. The number of carbonyl (C=O) groups is 2. The van der Waals surface area contributed by atoms with Gasteiger partial charge in [-0.2, -0.15) is 0 Å². The molecule has 0 aromatic heterocycles. The molecular formula is C19H27NO5. The summed E-state index contributed by atoms with van der Waals surface area (Å²) in [4.78, 5) is 25.6. The Hall–Kier alpha value is -2.08. The number of rotatable bonds is 9. The Bertz CT molecular complexity index is 589. The van der Waals surface area contributed by atoms with Crippen LogP contribution in [0.1, 0.15) is 38.2 Å². The minimum atomic E-state index is -0.898. The van der Waals surface area contributed by atoms with Crippen LogP contribution in [-0.4, -0.2) is 54.8 Å². The zero-order chi connectivity index (χ0) is 18.2. The molecule has 1 N–H and O–H groups in total. The highest BCUT2D eigenvalue weighted by atomic mass is 16.5. The molecule has 6 heteroatoms. The van der Waals surface area contributed by atoms with Gasteiger partial charge >= 0.3 is 5.97 Å². The average Bonchev–Trinajstić information content (AvgIpc) is 2.61. The maximum atomic E-state index is 12.8. The van der Waals surface area contributed by atoms with E-state index in [1.165, 1.54) is 0 Å². The maximum Gasteiger partial charge on any atom is 0.308 e. The van der Waals surface area contributed by atoms with Crippen molar-refractivity contribution in [1.82, 2.24) is 4.90 Å². The number of nitrogens with zero attached hydrogens (tertiary/aromatic N) is 1. The molecule has 0 bridgehead atoms. The molecule has 0 spiro atoms. The first-order valence-electron chi connectivity index (χ1n) is 8.83. The van der Waals surface area contributed by atoms with Gasteiger partial charge in [0.05, 0.1) is 19.1 Å². The highest BCUT2D eigenvalue weighted by molar-refractivity contribution is 5.78. The van der Waals surface area contributed by atoms with Gasteiger partial charge in [-0.15, -0.1) is 0 Å². The van der Waals surface area contributed by atoms with Crippen molar-refractivity contribution in [1.29, 1.82) is 0 Å². The van der Waals surface area contributed by atoms with Crippen molar-refractivity contribution in [3.05, 3.63) is 29.8 Å². The zero-order valence-electron chi connectivity index (χ0n) is 14.9. The van der Waals surface area contributed by atoms with Crippen molar-refractivity contribution in [2.45, 2.75) is 32.6 Å². The summed E-state index contributed by atoms with van der Waals surface area (Å²) in [6.07, 6.45) is 1.15. The first-order valence-corrected chi connectivity index (χ1v) is 8.83. The van der Waals surface area contributed by atoms with E-state index in [2.05, 4.69) is 0 Å². The van der Waals surface area contributed by atoms with Crippen LogP contribution in [0.15, 0.2) is 24.3 Å². The second-order valence-corrected chi connectivity index (χ2v) is 6.35. The Kier molecular flexibility index (Phi) is 7.25. The van der Waals surface area contributed by atoms with Gasteiger partial charge < -0.3 is 19.5 Å². The Morgan fingerprint density at radius 3 is 2.88 bits per heavy atom. The maximum absolute atomic E-state index is 12.8. The van der Waals surface area contributed by atoms with E-state index < -0.39 is 11.9 Å². The molecule has 1 aromatic carbocycles. The minimum absolute atomic E-state index is 0.0329. The van der Waals surface area contributed by atoms with Crippen LogP contribution in [0.5, 0.6) is 5.75 Å². The van der Waals surface area contributed by atoms with Gasteiger partial charge in [-0.1, -0.05) is 25.1 Å². The van der Waals surface area contributed by atoms with Crippen LogP contribution in [0.3, 0.4) is 0 Å². The van der Waals surface area contributed by atoms with Gasteiger partial charge in [-0.25, -0.2) is 0 Å². The molecule has 1 aromatic rings. The molecule has 0 radical (unpaired) electrons. The molecule has 6 nitrogen and oxygen atoms in total. The zero-order valence-corrected chi connectivity index (χ0v) is 14.9. The lowest BCUT2D eigenvalue weighted by molar-refractivity contribution is -0.143. The molecule has 2 rings (SSSR count). The number of para-hydroxylation sites is 1. The SMILES string of the molecule is CCOCCN(C[C@@H](C)C(=O)O)C(=O)C[C@@H]1CCOc2ccccc21. The van der Waals surface area contributed by atoms with Gasteiger partial charge in [0.2, 0.25) is 5.91 Å². The van der Waals surface area contributed by atoms with E-state index >= 15 is 0 Å². The minimum Gasteiger partial charge on any atom is -0.493 e. The highest BCUT2D eigenvalue weighted by Gasteiger charge is 2.27. The molecule has 1 heterocycles. The van der Waals surface area contributed by atoms with Gasteiger partial charge in [0.1, 0.15) is 5.75 Å². The second-order valence-electron chi connectivity index (χ2n) is 6.35. The summed E-state index contributed by atoms with van der Waals surface area (Å²) in [5.41, 5.74) is 1.05. The molecule has 0 aliphatic carbocycles. The van der Waals surface area contributed by atoms with Gasteiger partial charge in [-0.05, 0) is 30.9 Å². The fraction of sp³-hybridized carbons (Fsp3) is 0.579. The first-order chi connectivity index (χ1) is 12.0. The number of amides is 1. The monoisotopic (exact) mass is 349 g/mol. The third-order valence-corrected chi connectivity index (χ3v) is 4.48. The molecule has 1 aliphatic rings. The fourth-order valence-electron chi connectivity index (χ4n) is 3.01. The van der Waals surface area contributed by atoms with Crippen LogP contribution in [0, 0.1) is 5.92 Å². The number of benzene rings is 1. The molecule has 0 fully saturated rings. The van der Waals surface area contributed by atoms with Gasteiger partial charge in [0, 0.05) is 26.1 Å². The third-order valence-electron chi connectivity index (χ3n) is 4.48. The Labute approximate surface area is 148 Å². The molecule has 0 saturated carbocycles. The number of carbonyl (C=O) groups excluding carboxylic acids is 1. The lowest BCUT2D eigenvalue weighted by Gasteiger charge is -2.29. The smallest absolute Gasteiger partial charge is 0.308 e. The molecule has 138 valence electrons. The van der Waals surface area contributed by atoms with Crippen molar-refractivity contribution in [2.75, 3.05) is 32.9 Å². The standard InChI is InChI=1S/C19H27NO5/c1-3-24-11-9-20(13-14(2)19(22)23)18(21)12-15-8-10-25-17-7-5-4-6-16(15)17/h4-7,14-15H,3,8-13H2,1-2H3,(H,22,23)/t14-,15+/m1/s1. The number of aliphatic carboxylic acids is 1. The molecular weight excluding hydrogens is 322 g/mol. The average molecular weight is 349 g/mol. The topological polar surface area (TPSA) is 76.1 Å². The Morgan fingerprint density at radius 2 is 2.16 bits per heavy atom. The van der Waals surface area contributed by atoms with Gasteiger partial charge in [0.15, 0.2) is 0 Å². The van der Waals surface area contributed by atoms with E-state index in [-0.39, 0.29) is 18.4 Å². The molecule has 0 unspecified atom stereocenters. The molecule has 1 amide bonds. The summed E-state index contributed by atoms with van der Waals surface area (Å²) in [5.74, 6) is -0.592. The Balaban J connectivity index is 2.04. The number of hydrogen-bond acceptors (Lipinski definition) is 4. The number of hydrogen-bond donors (Lipinski definition) is 1. The van der Waals surface area contributed by atoms with Crippen molar-refractivity contribution in [3.8, 4) is 5.75 Å². The number of fused-ring (bicyclic) bond motifs is 1. The summed E-state index contributed by atoms with van der Waals surface area (Å²) in [5, 5.41) is 9.15. The number of carboxylic acid groups (broad SMARTS) is 1. The van der Waals surface area contributed by atoms with Crippen molar-refractivity contribution < 1.29 is 24.2 Å². The summed E-state index contributed by atoms with van der Waals surface area (Å²) >= 11 is 0. The van der Waals surface area contributed by atoms with E-state index in [4.69, 9.17) is 14.6 Å². The second kappa shape index (κ2) is 9.42. The Morgan fingerprint density at radius 1 is 1.40 bits per heavy atom. The van der Waals surface area contributed by atoms with Crippen LogP contribution in [0.2, 0.25) is 0 Å². The predicted octanol–water partition coefficient (Wildman–Crippen LogP) is 2.53. The van der Waals surface area contributed by atoms with E-state index in [0.29, 0.717) is 32.8 Å². The quantitative estimate of drug-likeness (QED) is 0.693. The van der Waals surface area contributed by atoms with Crippen LogP contribution in [0.4, 0.5) is 0 Å². The van der Waals surface area contributed by atoms with E-state index in [9.17, 15) is 9.59 Å². The van der Waals surface area contributed by atoms with Crippen LogP contribution < -0.4 is 4.74 Å². The van der Waals surface area contributed by atoms with Gasteiger partial charge in [-0.3, -0.25) is 9.59 Å².